The van der Waals surface area contributed by atoms with E-state index in [1.54, 1.807) is 12.1 Å². The Kier molecular flexibility index (Phi) is 11.2. The molecule has 2 aromatic rings. The van der Waals surface area contributed by atoms with Gasteiger partial charge in [-0.1, -0.05) is 30.1 Å². The van der Waals surface area contributed by atoms with Crippen molar-refractivity contribution in [1.29, 1.82) is 0 Å². The molecule has 0 saturated carbocycles. The van der Waals surface area contributed by atoms with Crippen LogP contribution in [0.4, 0.5) is 0 Å². The van der Waals surface area contributed by atoms with Crippen molar-refractivity contribution >= 4 is 50.6 Å². The highest BCUT2D eigenvalue weighted by atomic mass is 35.5. The minimum Gasteiger partial charge on any atom is -0.493 e. The van der Waals surface area contributed by atoms with Crippen molar-refractivity contribution < 1.29 is 32.2 Å². The number of alkyl halides is 1. The standard InChI is InChI=1S/C25H30Cl3NO7S/c1-17(14-29-7-9-33-10-8-29)15-34-19-3-5-21(6-4-19)37(31,32)22-11-23(27)25(24(28)12-22)35-16-20(13-26)36-18(2)30/h3-6,11-12,17,20H,7-10,13-16H2,1-2H3/t17-,20-/m1/s1. The van der Waals surface area contributed by atoms with Crippen LogP contribution in [0.5, 0.6) is 11.5 Å². The first-order chi connectivity index (χ1) is 17.6. The number of hydrogen-bond acceptors (Lipinski definition) is 8. The van der Waals surface area contributed by atoms with E-state index in [0.29, 0.717) is 18.3 Å². The third-order valence-electron chi connectivity index (χ3n) is 5.54. The van der Waals surface area contributed by atoms with Gasteiger partial charge in [-0.3, -0.25) is 9.69 Å². The molecule has 204 valence electrons. The number of morpholine rings is 1. The maximum Gasteiger partial charge on any atom is 0.303 e. The topological polar surface area (TPSA) is 91.4 Å². The van der Waals surface area contributed by atoms with Crippen LogP contribution >= 0.6 is 34.8 Å². The number of hydrogen-bond donors (Lipinski definition) is 0. The molecule has 37 heavy (non-hydrogen) atoms. The van der Waals surface area contributed by atoms with Crippen molar-refractivity contribution in [2.45, 2.75) is 29.7 Å². The second-order valence-corrected chi connectivity index (χ2v) is 11.8. The summed E-state index contributed by atoms with van der Waals surface area (Å²) in [5.74, 6) is 0.453. The first kappa shape index (κ1) is 29.8. The second-order valence-electron chi connectivity index (χ2n) is 8.72. The van der Waals surface area contributed by atoms with Gasteiger partial charge in [0, 0.05) is 32.5 Å². The Hall–Kier alpha value is -1.75. The van der Waals surface area contributed by atoms with E-state index in [0.717, 1.165) is 32.8 Å². The summed E-state index contributed by atoms with van der Waals surface area (Å²) in [7, 11) is -3.91. The molecule has 2 atom stereocenters. The molecule has 0 bridgehead atoms. The third kappa shape index (κ3) is 8.63. The van der Waals surface area contributed by atoms with Crippen LogP contribution < -0.4 is 9.47 Å². The normalized spacial score (nSPS) is 16.1. The fraction of sp³-hybridized carbons (Fsp3) is 0.480. The van der Waals surface area contributed by atoms with Gasteiger partial charge in [0.2, 0.25) is 9.84 Å². The van der Waals surface area contributed by atoms with Crippen molar-refractivity contribution in [3.8, 4) is 11.5 Å². The lowest BCUT2D eigenvalue weighted by Gasteiger charge is -2.29. The van der Waals surface area contributed by atoms with E-state index in [2.05, 4.69) is 11.8 Å². The molecule has 0 aromatic heterocycles. The predicted molar refractivity (Wildman–Crippen MR) is 142 cm³/mol. The summed E-state index contributed by atoms with van der Waals surface area (Å²) in [6.07, 6.45) is -0.710. The lowest BCUT2D eigenvalue weighted by molar-refractivity contribution is -0.146. The molecule has 1 heterocycles. The van der Waals surface area contributed by atoms with E-state index in [-0.39, 0.29) is 38.1 Å². The zero-order chi connectivity index (χ0) is 27.0. The molecule has 12 heteroatoms. The van der Waals surface area contributed by atoms with Gasteiger partial charge < -0.3 is 18.9 Å². The van der Waals surface area contributed by atoms with Crippen molar-refractivity contribution in [3.05, 3.63) is 46.4 Å². The van der Waals surface area contributed by atoms with Crippen LogP contribution in [-0.4, -0.2) is 77.3 Å². The number of carbonyl (C=O) groups excluding carboxylic acids is 1. The zero-order valence-electron chi connectivity index (χ0n) is 20.6. The van der Waals surface area contributed by atoms with Crippen LogP contribution in [0.1, 0.15) is 13.8 Å². The molecule has 8 nitrogen and oxygen atoms in total. The van der Waals surface area contributed by atoms with Crippen molar-refractivity contribution in [1.82, 2.24) is 4.90 Å². The van der Waals surface area contributed by atoms with E-state index in [1.165, 1.54) is 31.2 Å². The van der Waals surface area contributed by atoms with Crippen molar-refractivity contribution in [3.63, 3.8) is 0 Å². The number of sulfone groups is 1. The van der Waals surface area contributed by atoms with E-state index >= 15 is 0 Å². The van der Waals surface area contributed by atoms with E-state index in [4.69, 9.17) is 53.8 Å². The van der Waals surface area contributed by atoms with E-state index in [9.17, 15) is 13.2 Å². The summed E-state index contributed by atoms with van der Waals surface area (Å²) < 4.78 is 48.2. The molecule has 0 radical (unpaired) electrons. The Morgan fingerprint density at radius 3 is 2.22 bits per heavy atom. The van der Waals surface area contributed by atoms with E-state index in [1.807, 2.05) is 0 Å². The molecule has 1 aliphatic rings. The van der Waals surface area contributed by atoms with Gasteiger partial charge in [-0.15, -0.1) is 11.6 Å². The van der Waals surface area contributed by atoms with Crippen molar-refractivity contribution in [2.24, 2.45) is 5.92 Å². The second kappa shape index (κ2) is 13.9. The Morgan fingerprint density at radius 2 is 1.65 bits per heavy atom. The summed E-state index contributed by atoms with van der Waals surface area (Å²) in [6, 6.07) is 8.73. The van der Waals surface area contributed by atoms with E-state index < -0.39 is 21.9 Å². The van der Waals surface area contributed by atoms with Crippen LogP contribution in [0.2, 0.25) is 10.0 Å². The largest absolute Gasteiger partial charge is 0.493 e. The molecule has 1 aliphatic heterocycles. The van der Waals surface area contributed by atoms with Crippen LogP contribution in [0.25, 0.3) is 0 Å². The van der Waals surface area contributed by atoms with Gasteiger partial charge in [0.1, 0.15) is 18.5 Å². The minimum atomic E-state index is -3.91. The summed E-state index contributed by atoms with van der Waals surface area (Å²) in [6.45, 7) is 8.03. The number of benzene rings is 2. The Labute approximate surface area is 232 Å². The molecular formula is C25H30Cl3NO7S. The van der Waals surface area contributed by atoms with Gasteiger partial charge >= 0.3 is 5.97 Å². The maximum absolute atomic E-state index is 13.2. The first-order valence-corrected chi connectivity index (χ1v) is 14.5. The Balaban J connectivity index is 1.63. The number of esters is 1. The lowest BCUT2D eigenvalue weighted by atomic mass is 10.2. The molecular weight excluding hydrogens is 565 g/mol. The van der Waals surface area contributed by atoms with Gasteiger partial charge in [-0.05, 0) is 36.4 Å². The Morgan fingerprint density at radius 1 is 1.03 bits per heavy atom. The lowest BCUT2D eigenvalue weighted by Crippen LogP contribution is -2.39. The highest BCUT2D eigenvalue weighted by Crippen LogP contribution is 2.37. The highest BCUT2D eigenvalue weighted by molar-refractivity contribution is 7.91. The SMILES string of the molecule is CC(=O)O[C@H](CCl)COc1c(Cl)cc(S(=O)(=O)c2ccc(OC[C@H](C)CN3CCOCC3)cc2)cc1Cl. The van der Waals surface area contributed by atoms with Crippen LogP contribution in [-0.2, 0) is 24.1 Å². The molecule has 0 amide bonds. The first-order valence-electron chi connectivity index (χ1n) is 11.7. The molecule has 1 fully saturated rings. The van der Waals surface area contributed by atoms with Gasteiger partial charge in [0.05, 0.1) is 45.5 Å². The van der Waals surface area contributed by atoms with Gasteiger partial charge in [-0.25, -0.2) is 8.42 Å². The molecule has 0 N–H and O–H groups in total. The molecule has 0 spiro atoms. The van der Waals surface area contributed by atoms with Gasteiger partial charge in [0.15, 0.2) is 5.75 Å². The number of halogens is 3. The molecule has 1 saturated heterocycles. The predicted octanol–water partition coefficient (Wildman–Crippen LogP) is 4.72. The fourth-order valence-electron chi connectivity index (χ4n) is 3.72. The Bertz CT molecular complexity index is 1130. The molecule has 0 aliphatic carbocycles. The molecule has 3 rings (SSSR count). The quantitative estimate of drug-likeness (QED) is 0.258. The third-order valence-corrected chi connectivity index (χ3v) is 8.20. The number of ether oxygens (including phenoxy) is 4. The van der Waals surface area contributed by atoms with Gasteiger partial charge in [-0.2, -0.15) is 0 Å². The van der Waals surface area contributed by atoms with Crippen LogP contribution in [0, 0.1) is 5.92 Å². The summed E-state index contributed by atoms with van der Waals surface area (Å²) in [4.78, 5) is 13.5. The summed E-state index contributed by atoms with van der Waals surface area (Å²) in [5, 5.41) is -0.00661. The number of carbonyl (C=O) groups is 1. The smallest absolute Gasteiger partial charge is 0.303 e. The average molecular weight is 595 g/mol. The van der Waals surface area contributed by atoms with Crippen molar-refractivity contribution in [2.75, 3.05) is 51.9 Å². The summed E-state index contributed by atoms with van der Waals surface area (Å²) in [5.41, 5.74) is 0. The van der Waals surface area contributed by atoms with Crippen LogP contribution in [0.3, 0.4) is 0 Å². The van der Waals surface area contributed by atoms with Gasteiger partial charge in [0.25, 0.3) is 0 Å². The molecule has 2 aromatic carbocycles. The monoisotopic (exact) mass is 593 g/mol. The number of nitrogens with zero attached hydrogens (tertiary/aromatic N) is 1. The minimum absolute atomic E-state index is 0.00330. The summed E-state index contributed by atoms with van der Waals surface area (Å²) >= 11 is 18.3. The maximum atomic E-state index is 13.2. The fourth-order valence-corrected chi connectivity index (χ4v) is 5.91. The molecule has 0 unspecified atom stereocenters. The number of rotatable bonds is 12. The zero-order valence-corrected chi connectivity index (χ0v) is 23.7. The average Bonchev–Trinajstić information content (AvgIpc) is 2.86. The van der Waals surface area contributed by atoms with Crippen LogP contribution in [0.15, 0.2) is 46.2 Å². The highest BCUT2D eigenvalue weighted by Gasteiger charge is 2.23.